The smallest absolute Gasteiger partial charge is 0.303 e. The van der Waals surface area contributed by atoms with Crippen molar-refractivity contribution in [2.45, 2.75) is 85.4 Å². The number of rotatable bonds is 2. The highest BCUT2D eigenvalue weighted by atomic mass is 16.6. The SMILES string of the molecule is CC(=O)O[C@@H]1[C@H](OC(C)=O)[C@H]2C(C)(C)CCC[C@]2(C)[C@@H]2Cc3occc3[C@H](C)[C@@H]12. The molecule has 0 unspecified atom stereocenters. The minimum absolute atomic E-state index is 0.0107. The zero-order valence-electron chi connectivity index (χ0n) is 18.5. The summed E-state index contributed by atoms with van der Waals surface area (Å²) in [5, 5.41) is 0. The van der Waals surface area contributed by atoms with Gasteiger partial charge < -0.3 is 13.9 Å². The maximum Gasteiger partial charge on any atom is 0.303 e. The second-order valence-corrected chi connectivity index (χ2v) is 10.4. The Kier molecular flexibility index (Phi) is 4.86. The van der Waals surface area contributed by atoms with Crippen molar-refractivity contribution in [3.8, 4) is 0 Å². The Balaban J connectivity index is 1.89. The van der Waals surface area contributed by atoms with E-state index in [0.717, 1.165) is 31.4 Å². The third-order valence-electron chi connectivity index (χ3n) is 8.29. The summed E-state index contributed by atoms with van der Waals surface area (Å²) in [6.45, 7) is 12.0. The molecule has 2 fully saturated rings. The Morgan fingerprint density at radius 1 is 1.07 bits per heavy atom. The molecule has 160 valence electrons. The highest BCUT2D eigenvalue weighted by Gasteiger charge is 2.65. The van der Waals surface area contributed by atoms with Gasteiger partial charge in [-0.25, -0.2) is 0 Å². The van der Waals surface area contributed by atoms with Crippen LogP contribution in [0.3, 0.4) is 0 Å². The van der Waals surface area contributed by atoms with E-state index in [1.165, 1.54) is 19.4 Å². The van der Waals surface area contributed by atoms with Crippen LogP contribution in [-0.4, -0.2) is 24.1 Å². The Labute approximate surface area is 173 Å². The first-order valence-corrected chi connectivity index (χ1v) is 11.0. The number of hydrogen-bond acceptors (Lipinski definition) is 5. The highest BCUT2D eigenvalue weighted by Crippen LogP contribution is 2.65. The van der Waals surface area contributed by atoms with Crippen molar-refractivity contribution < 1.29 is 23.5 Å². The lowest BCUT2D eigenvalue weighted by Crippen LogP contribution is -2.66. The largest absolute Gasteiger partial charge is 0.469 e. The molecule has 5 nitrogen and oxygen atoms in total. The molecule has 0 amide bonds. The van der Waals surface area contributed by atoms with Gasteiger partial charge in [-0.3, -0.25) is 9.59 Å². The lowest BCUT2D eigenvalue weighted by molar-refractivity contribution is -0.237. The third-order valence-corrected chi connectivity index (χ3v) is 8.29. The quantitative estimate of drug-likeness (QED) is 0.660. The number of carbonyl (C=O) groups excluding carboxylic acids is 2. The molecule has 1 aromatic rings. The molecule has 1 aromatic heterocycles. The number of hydrogen-bond donors (Lipinski definition) is 0. The first-order chi connectivity index (χ1) is 13.6. The van der Waals surface area contributed by atoms with Crippen LogP contribution in [0.2, 0.25) is 0 Å². The molecule has 0 spiro atoms. The summed E-state index contributed by atoms with van der Waals surface area (Å²) in [5.41, 5.74) is 1.17. The van der Waals surface area contributed by atoms with Crippen LogP contribution in [0.5, 0.6) is 0 Å². The van der Waals surface area contributed by atoms with Gasteiger partial charge in [-0.15, -0.1) is 0 Å². The molecule has 0 saturated heterocycles. The van der Waals surface area contributed by atoms with E-state index < -0.39 is 12.2 Å². The normalized spacial score (nSPS) is 40.2. The second-order valence-electron chi connectivity index (χ2n) is 10.4. The molecule has 0 radical (unpaired) electrons. The van der Waals surface area contributed by atoms with Gasteiger partial charge in [-0.2, -0.15) is 0 Å². The maximum absolute atomic E-state index is 12.2. The molecule has 29 heavy (non-hydrogen) atoms. The molecule has 1 heterocycles. The van der Waals surface area contributed by atoms with Gasteiger partial charge in [0.2, 0.25) is 0 Å². The van der Waals surface area contributed by atoms with E-state index in [4.69, 9.17) is 13.9 Å². The maximum atomic E-state index is 12.2. The minimum Gasteiger partial charge on any atom is -0.469 e. The van der Waals surface area contributed by atoms with Crippen LogP contribution in [0.15, 0.2) is 16.7 Å². The van der Waals surface area contributed by atoms with Gasteiger partial charge >= 0.3 is 11.9 Å². The fourth-order valence-corrected chi connectivity index (χ4v) is 7.44. The van der Waals surface area contributed by atoms with E-state index in [9.17, 15) is 9.59 Å². The van der Waals surface area contributed by atoms with Gasteiger partial charge in [0.05, 0.1) is 6.26 Å². The third kappa shape index (κ3) is 3.12. The molecular formula is C24H34O5. The highest BCUT2D eigenvalue weighted by molar-refractivity contribution is 5.67. The topological polar surface area (TPSA) is 65.7 Å². The van der Waals surface area contributed by atoms with Crippen LogP contribution >= 0.6 is 0 Å². The molecule has 0 aromatic carbocycles. The minimum atomic E-state index is -0.435. The number of fused-ring (bicyclic) bond motifs is 4. The van der Waals surface area contributed by atoms with E-state index >= 15 is 0 Å². The fourth-order valence-electron chi connectivity index (χ4n) is 7.44. The molecule has 5 heteroatoms. The molecule has 0 aliphatic heterocycles. The fraction of sp³-hybridized carbons (Fsp3) is 0.750. The van der Waals surface area contributed by atoms with Gasteiger partial charge in [0, 0.05) is 32.1 Å². The summed E-state index contributed by atoms with van der Waals surface area (Å²) < 4.78 is 17.8. The first kappa shape index (κ1) is 20.5. The summed E-state index contributed by atoms with van der Waals surface area (Å²) in [6.07, 6.45) is 5.10. The summed E-state index contributed by atoms with van der Waals surface area (Å²) in [7, 11) is 0. The molecule has 3 aliphatic carbocycles. The van der Waals surface area contributed by atoms with Gasteiger partial charge in [-0.05, 0) is 47.1 Å². The molecule has 2 saturated carbocycles. The summed E-state index contributed by atoms with van der Waals surface area (Å²) >= 11 is 0. The molecule has 0 bridgehead atoms. The van der Waals surface area contributed by atoms with Crippen LogP contribution < -0.4 is 0 Å². The monoisotopic (exact) mass is 402 g/mol. The van der Waals surface area contributed by atoms with E-state index in [2.05, 4.69) is 27.7 Å². The standard InChI is InChI=1S/C24H34O5/c1-13-16-8-11-27-18(16)12-17-19(13)20(28-14(2)25)21(29-15(3)26)22-23(4,5)9-7-10-24(17,22)6/h8,11,13,17,19-22H,7,9-10,12H2,1-6H3/t13-,17+,19+,20-,21-,22-,24+/m0/s1. The predicted molar refractivity (Wildman–Crippen MR) is 108 cm³/mol. The summed E-state index contributed by atoms with van der Waals surface area (Å²) in [6, 6.07) is 2.04. The van der Waals surface area contributed by atoms with Crippen molar-refractivity contribution in [2.24, 2.45) is 28.6 Å². The van der Waals surface area contributed by atoms with Crippen molar-refractivity contribution in [3.05, 3.63) is 23.7 Å². The average Bonchev–Trinajstić information content (AvgIpc) is 3.06. The van der Waals surface area contributed by atoms with E-state index in [-0.39, 0.29) is 40.5 Å². The van der Waals surface area contributed by atoms with Gasteiger partial charge in [0.15, 0.2) is 0 Å². The van der Waals surface area contributed by atoms with Gasteiger partial charge in [0.25, 0.3) is 0 Å². The van der Waals surface area contributed by atoms with Gasteiger partial charge in [-0.1, -0.05) is 34.1 Å². The number of furan rings is 1. The van der Waals surface area contributed by atoms with E-state index in [1.54, 1.807) is 6.26 Å². The Hall–Kier alpha value is -1.78. The van der Waals surface area contributed by atoms with Crippen molar-refractivity contribution in [2.75, 3.05) is 0 Å². The summed E-state index contributed by atoms with van der Waals surface area (Å²) in [4.78, 5) is 24.3. The predicted octanol–water partition coefficient (Wildman–Crippen LogP) is 4.88. The van der Waals surface area contributed by atoms with Gasteiger partial charge in [0.1, 0.15) is 18.0 Å². The first-order valence-electron chi connectivity index (χ1n) is 11.0. The Morgan fingerprint density at radius 2 is 1.72 bits per heavy atom. The second kappa shape index (κ2) is 6.88. The van der Waals surface area contributed by atoms with Crippen LogP contribution in [-0.2, 0) is 25.5 Å². The molecule has 0 N–H and O–H groups in total. The van der Waals surface area contributed by atoms with Crippen molar-refractivity contribution in [3.63, 3.8) is 0 Å². The lowest BCUT2D eigenvalue weighted by atomic mass is 9.42. The number of esters is 2. The molecule has 3 aliphatic rings. The molecule has 4 rings (SSSR count). The molecular weight excluding hydrogens is 368 g/mol. The lowest BCUT2D eigenvalue weighted by Gasteiger charge is -2.64. The van der Waals surface area contributed by atoms with Crippen LogP contribution in [0, 0.1) is 28.6 Å². The zero-order valence-corrected chi connectivity index (χ0v) is 18.5. The van der Waals surface area contributed by atoms with E-state index in [0.29, 0.717) is 5.92 Å². The van der Waals surface area contributed by atoms with Crippen molar-refractivity contribution in [1.29, 1.82) is 0 Å². The van der Waals surface area contributed by atoms with Crippen molar-refractivity contribution >= 4 is 11.9 Å². The van der Waals surface area contributed by atoms with Crippen LogP contribution in [0.25, 0.3) is 0 Å². The van der Waals surface area contributed by atoms with Crippen LogP contribution in [0.1, 0.15) is 78.0 Å². The Bertz CT molecular complexity index is 808. The van der Waals surface area contributed by atoms with E-state index in [1.807, 2.05) is 6.07 Å². The number of carbonyl (C=O) groups is 2. The average molecular weight is 403 g/mol. The van der Waals surface area contributed by atoms with Crippen molar-refractivity contribution in [1.82, 2.24) is 0 Å². The number of ether oxygens (including phenoxy) is 2. The summed E-state index contributed by atoms with van der Waals surface area (Å²) in [5.74, 6) is 1.17. The Morgan fingerprint density at radius 3 is 2.38 bits per heavy atom. The van der Waals surface area contributed by atoms with Crippen LogP contribution in [0.4, 0.5) is 0 Å². The zero-order chi connectivity index (χ0) is 21.1. The molecule has 7 atom stereocenters.